The number of benzene rings is 2. The first kappa shape index (κ1) is 16.3. The molecule has 2 aromatic carbocycles. The number of phenolic OH excluding ortho intramolecular Hbond substituents is 1. The Morgan fingerprint density at radius 3 is 1.86 bits per heavy atom. The molecule has 0 radical (unpaired) electrons. The fraction of sp³-hybridized carbons (Fsp3) is 0.143. The van der Waals surface area contributed by atoms with E-state index in [1.807, 2.05) is 0 Å². The third-order valence-electron chi connectivity index (χ3n) is 3.02. The fourth-order valence-corrected chi connectivity index (χ4v) is 3.73. The van der Waals surface area contributed by atoms with Crippen LogP contribution in [0.1, 0.15) is 0 Å². The van der Waals surface area contributed by atoms with Gasteiger partial charge in [0.2, 0.25) is 9.84 Å². The zero-order valence-electron chi connectivity index (χ0n) is 11.8. The van der Waals surface area contributed by atoms with E-state index in [9.17, 15) is 21.9 Å². The molecule has 0 amide bonds. The van der Waals surface area contributed by atoms with Crippen LogP contribution < -0.4 is 4.74 Å². The van der Waals surface area contributed by atoms with E-state index >= 15 is 0 Å². The monoisotopic (exact) mass is 342 g/mol. The summed E-state index contributed by atoms with van der Waals surface area (Å²) in [5.41, 5.74) is 0. The maximum atomic E-state index is 12.5. The zero-order valence-corrected chi connectivity index (χ0v) is 13.5. The van der Waals surface area contributed by atoms with Crippen molar-refractivity contribution < 1.29 is 26.7 Å². The number of rotatable bonds is 4. The first-order valence-corrected chi connectivity index (χ1v) is 9.46. The quantitative estimate of drug-likeness (QED) is 0.907. The van der Waals surface area contributed by atoms with Crippen LogP contribution in [-0.4, -0.2) is 35.3 Å². The van der Waals surface area contributed by atoms with Crippen LogP contribution in [-0.2, 0) is 19.7 Å². The molecule has 118 valence electrons. The van der Waals surface area contributed by atoms with Gasteiger partial charge in [0.15, 0.2) is 21.3 Å². The van der Waals surface area contributed by atoms with Gasteiger partial charge >= 0.3 is 0 Å². The molecule has 0 aliphatic heterocycles. The summed E-state index contributed by atoms with van der Waals surface area (Å²) in [5, 5.41) is 9.51. The Labute approximate surface area is 128 Å². The van der Waals surface area contributed by atoms with E-state index in [1.165, 1.54) is 49.6 Å². The Kier molecular flexibility index (Phi) is 4.17. The number of aromatic hydroxyl groups is 1. The molecule has 6 nitrogen and oxygen atoms in total. The lowest BCUT2D eigenvalue weighted by atomic mass is 10.3. The minimum atomic E-state index is -3.84. The molecule has 22 heavy (non-hydrogen) atoms. The van der Waals surface area contributed by atoms with Crippen LogP contribution in [0.5, 0.6) is 11.5 Å². The van der Waals surface area contributed by atoms with Crippen molar-refractivity contribution in [1.82, 2.24) is 0 Å². The maximum Gasteiger partial charge on any atom is 0.206 e. The molecule has 0 saturated heterocycles. The average molecular weight is 342 g/mol. The van der Waals surface area contributed by atoms with Gasteiger partial charge in [-0.05, 0) is 36.4 Å². The Morgan fingerprint density at radius 1 is 0.864 bits per heavy atom. The molecule has 2 rings (SSSR count). The van der Waals surface area contributed by atoms with Gasteiger partial charge in [0.25, 0.3) is 0 Å². The van der Waals surface area contributed by atoms with E-state index in [0.717, 1.165) is 6.26 Å². The van der Waals surface area contributed by atoms with Gasteiger partial charge in [-0.3, -0.25) is 0 Å². The second kappa shape index (κ2) is 5.62. The topological polar surface area (TPSA) is 97.7 Å². The first-order chi connectivity index (χ1) is 10.2. The molecular weight excluding hydrogens is 328 g/mol. The zero-order chi connectivity index (χ0) is 16.5. The first-order valence-electron chi connectivity index (χ1n) is 6.08. The van der Waals surface area contributed by atoms with Gasteiger partial charge in [-0.1, -0.05) is 0 Å². The standard InChI is InChI=1S/C14H14O6S2/c1-20-14-9-12(7-8-13(14)15)22(18,19)11-5-3-10(4-6-11)21(2,16)17/h3-9,15H,1-2H3. The lowest BCUT2D eigenvalue weighted by molar-refractivity contribution is 0.372. The highest BCUT2D eigenvalue weighted by molar-refractivity contribution is 7.91. The molecule has 8 heteroatoms. The summed E-state index contributed by atoms with van der Waals surface area (Å²) in [5.74, 6) is -0.136. The van der Waals surface area contributed by atoms with Crippen LogP contribution in [0.3, 0.4) is 0 Å². The Bertz CT molecular complexity index is 897. The largest absolute Gasteiger partial charge is 0.504 e. The molecule has 0 unspecified atom stereocenters. The number of ether oxygens (including phenoxy) is 1. The Hall–Kier alpha value is -2.06. The van der Waals surface area contributed by atoms with Gasteiger partial charge in [-0.2, -0.15) is 0 Å². The van der Waals surface area contributed by atoms with Gasteiger partial charge in [0.05, 0.1) is 21.8 Å². The van der Waals surface area contributed by atoms with E-state index in [-0.39, 0.29) is 26.2 Å². The second-order valence-electron chi connectivity index (χ2n) is 4.58. The third-order valence-corrected chi connectivity index (χ3v) is 5.92. The molecule has 2 aromatic rings. The Morgan fingerprint density at radius 2 is 1.36 bits per heavy atom. The summed E-state index contributed by atoms with van der Waals surface area (Å²) < 4.78 is 52.6. The highest BCUT2D eigenvalue weighted by Crippen LogP contribution is 2.31. The SMILES string of the molecule is COc1cc(S(=O)(=O)c2ccc(S(C)(=O)=O)cc2)ccc1O. The molecule has 0 fully saturated rings. The minimum absolute atomic E-state index is 0.0360. The van der Waals surface area contributed by atoms with Crippen LogP contribution in [0.25, 0.3) is 0 Å². The third kappa shape index (κ3) is 3.07. The van der Waals surface area contributed by atoms with Gasteiger partial charge in [-0.15, -0.1) is 0 Å². The predicted molar refractivity (Wildman–Crippen MR) is 79.7 cm³/mol. The number of methoxy groups -OCH3 is 1. The van der Waals surface area contributed by atoms with Crippen molar-refractivity contribution in [3.8, 4) is 11.5 Å². The van der Waals surface area contributed by atoms with E-state index in [0.29, 0.717) is 0 Å². The molecule has 1 N–H and O–H groups in total. The summed E-state index contributed by atoms with van der Waals surface area (Å²) in [7, 11) is -5.92. The number of phenols is 1. The van der Waals surface area contributed by atoms with Gasteiger partial charge in [-0.25, -0.2) is 16.8 Å². The Balaban J connectivity index is 2.51. The van der Waals surface area contributed by atoms with Crippen molar-refractivity contribution in [3.63, 3.8) is 0 Å². The van der Waals surface area contributed by atoms with E-state index in [2.05, 4.69) is 0 Å². The number of hydrogen-bond donors (Lipinski definition) is 1. The number of sulfone groups is 2. The number of hydrogen-bond acceptors (Lipinski definition) is 6. The lowest BCUT2D eigenvalue weighted by Gasteiger charge is -2.08. The van der Waals surface area contributed by atoms with Crippen LogP contribution in [0, 0.1) is 0 Å². The van der Waals surface area contributed by atoms with Crippen LogP contribution in [0.15, 0.2) is 57.2 Å². The predicted octanol–water partition coefficient (Wildman–Crippen LogP) is 1.64. The van der Waals surface area contributed by atoms with Gasteiger partial charge in [0, 0.05) is 12.3 Å². The van der Waals surface area contributed by atoms with E-state index in [4.69, 9.17) is 4.74 Å². The fourth-order valence-electron chi connectivity index (χ4n) is 1.83. The summed E-state index contributed by atoms with van der Waals surface area (Å²) in [4.78, 5) is -0.0726. The van der Waals surface area contributed by atoms with Crippen LogP contribution in [0.4, 0.5) is 0 Å². The minimum Gasteiger partial charge on any atom is -0.504 e. The van der Waals surface area contributed by atoms with Crippen LogP contribution in [0.2, 0.25) is 0 Å². The molecule has 0 saturated carbocycles. The van der Waals surface area contributed by atoms with Crippen molar-refractivity contribution in [2.75, 3.05) is 13.4 Å². The summed E-state index contributed by atoms with van der Waals surface area (Å²) in [6, 6.07) is 8.60. The summed E-state index contributed by atoms with van der Waals surface area (Å²) >= 11 is 0. The molecular formula is C14H14O6S2. The highest BCUT2D eigenvalue weighted by Gasteiger charge is 2.20. The van der Waals surface area contributed by atoms with Crippen molar-refractivity contribution in [1.29, 1.82) is 0 Å². The van der Waals surface area contributed by atoms with Gasteiger partial charge in [0.1, 0.15) is 0 Å². The van der Waals surface area contributed by atoms with Crippen LogP contribution >= 0.6 is 0 Å². The molecule has 0 aromatic heterocycles. The smallest absolute Gasteiger partial charge is 0.206 e. The summed E-state index contributed by atoms with van der Waals surface area (Å²) in [6.45, 7) is 0. The summed E-state index contributed by atoms with van der Waals surface area (Å²) in [6.07, 6.45) is 1.04. The van der Waals surface area contributed by atoms with Crippen molar-refractivity contribution in [2.45, 2.75) is 14.7 Å². The highest BCUT2D eigenvalue weighted by atomic mass is 32.2. The molecule has 0 bridgehead atoms. The molecule has 0 spiro atoms. The molecule has 0 atom stereocenters. The molecule has 0 aliphatic carbocycles. The molecule has 0 heterocycles. The average Bonchev–Trinajstić information content (AvgIpc) is 2.46. The lowest BCUT2D eigenvalue weighted by Crippen LogP contribution is -2.03. The van der Waals surface area contributed by atoms with Crippen molar-refractivity contribution in [3.05, 3.63) is 42.5 Å². The van der Waals surface area contributed by atoms with Gasteiger partial charge < -0.3 is 9.84 Å². The maximum absolute atomic E-state index is 12.5. The van der Waals surface area contributed by atoms with E-state index < -0.39 is 19.7 Å². The van der Waals surface area contributed by atoms with Crippen molar-refractivity contribution in [2.24, 2.45) is 0 Å². The molecule has 0 aliphatic rings. The van der Waals surface area contributed by atoms with Crippen molar-refractivity contribution >= 4 is 19.7 Å². The van der Waals surface area contributed by atoms with E-state index in [1.54, 1.807) is 0 Å². The normalized spacial score (nSPS) is 12.1. The second-order valence-corrected chi connectivity index (χ2v) is 8.55.